The van der Waals surface area contributed by atoms with Crippen LogP contribution in [-0.4, -0.2) is 136 Å². The summed E-state index contributed by atoms with van der Waals surface area (Å²) in [6.45, 7) is 10.5. The third kappa shape index (κ3) is 9.95. The number of anilines is 1. The number of benzene rings is 1. The van der Waals surface area contributed by atoms with Gasteiger partial charge in [0.15, 0.2) is 18.4 Å². The van der Waals surface area contributed by atoms with Crippen molar-refractivity contribution in [1.29, 1.82) is 0 Å². The Hall–Kier alpha value is -2.46. The first-order chi connectivity index (χ1) is 29.4. The number of likely N-dealkylation sites (N-methyl/N-ethyl adjacent to an activating group) is 1. The maximum absolute atomic E-state index is 15.1. The zero-order chi connectivity index (χ0) is 43.5. The number of aliphatic hydroxyl groups is 1. The van der Waals surface area contributed by atoms with Crippen LogP contribution in [0.5, 0.6) is 0 Å². The van der Waals surface area contributed by atoms with E-state index in [1.807, 2.05) is 58.0 Å². The topological polar surface area (TPSA) is 143 Å². The van der Waals surface area contributed by atoms with E-state index < -0.39 is 42.5 Å². The SMILES string of the molecule is CCOC1C(OC)[C@H](O[C@@H]2C[C@@H]3[C@@H](C2)[C@@H]2C=C4C(=O)[C@H](C)[C@@H](O[C@H]5CC[C@H](N(C)C)C(C)O5)CCC[C@H](CC)OC(=O)C[C@H]4[C@@H]2[C@H](O)[C@H]3Nc2ccccc2)OC(C)[C@@H]1OC. The molecule has 0 bridgehead atoms. The van der Waals surface area contributed by atoms with E-state index in [-0.39, 0.29) is 84.7 Å². The van der Waals surface area contributed by atoms with Gasteiger partial charge in [0.2, 0.25) is 0 Å². The maximum Gasteiger partial charge on any atom is 0.306 e. The van der Waals surface area contributed by atoms with E-state index in [1.165, 1.54) is 0 Å². The predicted molar refractivity (Wildman–Crippen MR) is 230 cm³/mol. The molecule has 4 unspecified atom stereocenters. The van der Waals surface area contributed by atoms with Gasteiger partial charge in [0, 0.05) is 50.3 Å². The number of rotatable bonds is 12. The largest absolute Gasteiger partial charge is 0.462 e. The van der Waals surface area contributed by atoms with Gasteiger partial charge in [0.25, 0.3) is 0 Å². The highest BCUT2D eigenvalue weighted by molar-refractivity contribution is 5.99. The molecule has 3 aliphatic heterocycles. The summed E-state index contributed by atoms with van der Waals surface area (Å²) in [5.41, 5.74) is 1.52. The van der Waals surface area contributed by atoms with E-state index in [9.17, 15) is 9.90 Å². The van der Waals surface area contributed by atoms with Crippen LogP contribution in [0.3, 0.4) is 0 Å². The number of cyclic esters (lactones) is 1. The van der Waals surface area contributed by atoms with Crippen LogP contribution in [0.15, 0.2) is 42.0 Å². The molecule has 7 rings (SSSR count). The lowest BCUT2D eigenvalue weighted by molar-refractivity contribution is -0.317. The van der Waals surface area contributed by atoms with E-state index >= 15 is 4.79 Å². The van der Waals surface area contributed by atoms with Crippen LogP contribution in [0, 0.1) is 35.5 Å². The number of ketones is 1. The Balaban J connectivity index is 1.20. The molecule has 1 aromatic carbocycles. The van der Waals surface area contributed by atoms with Gasteiger partial charge in [0.05, 0.1) is 43.0 Å². The summed E-state index contributed by atoms with van der Waals surface area (Å²) in [6.07, 6.45) is 3.62. The molecule has 0 spiro atoms. The third-order valence-corrected chi connectivity index (χ3v) is 15.1. The molecule has 13 nitrogen and oxygen atoms in total. The molecule has 3 heterocycles. The molecule has 0 aromatic heterocycles. The quantitative estimate of drug-likeness (QED) is 0.232. The van der Waals surface area contributed by atoms with Crippen LogP contribution in [0.25, 0.3) is 0 Å². The number of carbonyl (C=O) groups excluding carboxylic acids is 2. The summed E-state index contributed by atoms with van der Waals surface area (Å²) < 4.78 is 50.7. The van der Waals surface area contributed by atoms with E-state index in [2.05, 4.69) is 37.3 Å². The van der Waals surface area contributed by atoms with Crippen molar-refractivity contribution in [2.45, 2.75) is 172 Å². The molecule has 3 saturated heterocycles. The standard InChI is InChI=1S/C48H74N2O11/c1-10-30-18-15-19-38(61-40-21-20-37(50(6)7)27(4)57-40)26(3)43(52)36-24-33-32-22-31(60-48-47(55-9)46(56-11-2)45(54-8)28(5)58-48)23-35(32)42(49-29-16-13-12-14-17-29)44(53)41(33)34(36)25-39(51)59-30/h12-14,16-17,24,26-28,30-35,37-38,40-42,44-49,53H,10-11,15,18-23,25H2,1-9H3/t26-,27?,28?,30+,31+,32+,33+,34-,35-,37+,38+,40+,41-,42+,44+,45+,46?,47?,48+/m1/s1. The number of aliphatic hydroxyl groups excluding tert-OH is 1. The normalized spacial score (nSPS) is 43.3. The first kappa shape index (κ1) is 46.5. The van der Waals surface area contributed by atoms with Crippen molar-refractivity contribution in [2.24, 2.45) is 35.5 Å². The molecular weight excluding hydrogens is 781 g/mol. The van der Waals surface area contributed by atoms with Crippen LogP contribution in [-0.2, 0) is 47.5 Å². The van der Waals surface area contributed by atoms with E-state index in [0.717, 1.165) is 24.9 Å². The molecule has 61 heavy (non-hydrogen) atoms. The highest BCUT2D eigenvalue weighted by Crippen LogP contribution is 2.57. The van der Waals surface area contributed by atoms with Gasteiger partial charge in [0.1, 0.15) is 24.4 Å². The number of allylic oxidation sites excluding steroid dienone is 2. The summed E-state index contributed by atoms with van der Waals surface area (Å²) in [5, 5.41) is 16.4. The highest BCUT2D eigenvalue weighted by atomic mass is 16.7. The Bertz CT molecular complexity index is 1630. The molecule has 5 fully saturated rings. The second kappa shape index (κ2) is 20.6. The van der Waals surface area contributed by atoms with Gasteiger partial charge in [-0.1, -0.05) is 38.1 Å². The zero-order valence-electron chi connectivity index (χ0n) is 38.0. The van der Waals surface area contributed by atoms with Crippen LogP contribution in [0.4, 0.5) is 5.69 Å². The summed E-state index contributed by atoms with van der Waals surface area (Å²) in [7, 11) is 7.46. The molecule has 3 aliphatic carbocycles. The van der Waals surface area contributed by atoms with Crippen LogP contribution in [0.1, 0.15) is 92.4 Å². The van der Waals surface area contributed by atoms with Gasteiger partial charge in [-0.2, -0.15) is 0 Å². The molecular formula is C48H74N2O11. The summed E-state index contributed by atoms with van der Waals surface area (Å²) >= 11 is 0. The van der Waals surface area contributed by atoms with Gasteiger partial charge >= 0.3 is 5.97 Å². The number of nitrogens with zero attached hydrogens (tertiary/aromatic N) is 1. The molecule has 13 heteroatoms. The number of ether oxygens (including phenoxy) is 8. The minimum Gasteiger partial charge on any atom is -0.462 e. The molecule has 2 saturated carbocycles. The number of hydrogen-bond acceptors (Lipinski definition) is 13. The second-order valence-corrected chi connectivity index (χ2v) is 18.9. The molecule has 6 aliphatic rings. The Morgan fingerprint density at radius 1 is 0.869 bits per heavy atom. The van der Waals surface area contributed by atoms with Crippen molar-refractivity contribution in [3.63, 3.8) is 0 Å². The average Bonchev–Trinajstić information content (AvgIpc) is 3.83. The second-order valence-electron chi connectivity index (χ2n) is 18.9. The lowest BCUT2D eigenvalue weighted by Gasteiger charge is -2.47. The fourth-order valence-corrected chi connectivity index (χ4v) is 12.0. The number of esters is 1. The number of nitrogens with one attached hydrogen (secondary N) is 1. The molecule has 1 aromatic rings. The summed E-state index contributed by atoms with van der Waals surface area (Å²) in [5.74, 6) is -1.87. The minimum absolute atomic E-state index is 0.00661. The number of methoxy groups -OCH3 is 2. The van der Waals surface area contributed by atoms with Gasteiger partial charge in [-0.25, -0.2) is 0 Å². The number of para-hydroxylation sites is 1. The van der Waals surface area contributed by atoms with Gasteiger partial charge in [-0.3, -0.25) is 9.59 Å². The Labute approximate surface area is 363 Å². The minimum atomic E-state index is -0.869. The molecule has 342 valence electrons. The average molecular weight is 855 g/mol. The van der Waals surface area contributed by atoms with Crippen molar-refractivity contribution in [1.82, 2.24) is 4.90 Å². The predicted octanol–water partition coefficient (Wildman–Crippen LogP) is 6.16. The number of carbonyl (C=O) groups is 2. The van der Waals surface area contributed by atoms with E-state index in [1.54, 1.807) is 14.2 Å². The van der Waals surface area contributed by atoms with E-state index in [0.29, 0.717) is 50.3 Å². The first-order valence-corrected chi connectivity index (χ1v) is 23.3. The summed E-state index contributed by atoms with van der Waals surface area (Å²) in [4.78, 5) is 31.2. The van der Waals surface area contributed by atoms with Crippen LogP contribution >= 0.6 is 0 Å². The number of hydrogen-bond donors (Lipinski definition) is 2. The summed E-state index contributed by atoms with van der Waals surface area (Å²) in [6, 6.07) is 9.89. The molecule has 0 radical (unpaired) electrons. The van der Waals surface area contributed by atoms with Crippen LogP contribution in [0.2, 0.25) is 0 Å². The van der Waals surface area contributed by atoms with E-state index in [4.69, 9.17) is 37.9 Å². The fraction of sp³-hybridized carbons (Fsp3) is 0.792. The van der Waals surface area contributed by atoms with Gasteiger partial charge in [-0.15, -0.1) is 0 Å². The number of Topliss-reactive ketones (excluding diaryl/α,β-unsaturated/α-hetero) is 1. The fourth-order valence-electron chi connectivity index (χ4n) is 12.0. The Kier molecular flexibility index (Phi) is 15.7. The molecule has 19 atom stereocenters. The Morgan fingerprint density at radius 2 is 1.61 bits per heavy atom. The molecule has 2 N–H and O–H groups in total. The van der Waals surface area contributed by atoms with Gasteiger partial charge in [-0.05, 0) is 122 Å². The van der Waals surface area contributed by atoms with Gasteiger partial charge < -0.3 is 53.2 Å². The monoisotopic (exact) mass is 855 g/mol. The van der Waals surface area contributed by atoms with Crippen molar-refractivity contribution in [3.05, 3.63) is 42.0 Å². The van der Waals surface area contributed by atoms with Crippen molar-refractivity contribution >= 4 is 17.4 Å². The lowest BCUT2D eigenvalue weighted by Crippen LogP contribution is -2.60. The van der Waals surface area contributed by atoms with Crippen molar-refractivity contribution in [2.75, 3.05) is 40.2 Å². The van der Waals surface area contributed by atoms with Crippen molar-refractivity contribution < 1.29 is 52.6 Å². The smallest absolute Gasteiger partial charge is 0.306 e. The highest BCUT2D eigenvalue weighted by Gasteiger charge is 2.60. The van der Waals surface area contributed by atoms with Crippen molar-refractivity contribution in [3.8, 4) is 0 Å². The lowest BCUT2D eigenvalue weighted by atomic mass is 9.62. The number of fused-ring (bicyclic) bond motifs is 5. The Morgan fingerprint density at radius 3 is 2.28 bits per heavy atom. The molecule has 0 amide bonds. The first-order valence-electron chi connectivity index (χ1n) is 23.3. The third-order valence-electron chi connectivity index (χ3n) is 15.1. The zero-order valence-corrected chi connectivity index (χ0v) is 38.0. The maximum atomic E-state index is 15.1. The van der Waals surface area contributed by atoms with Crippen LogP contribution < -0.4 is 5.32 Å².